The molecule has 7 nitrogen and oxygen atoms in total. The van der Waals surface area contributed by atoms with Gasteiger partial charge in [-0.1, -0.05) is 32.9 Å². The fourth-order valence-electron chi connectivity index (χ4n) is 4.92. The molecule has 0 aliphatic heterocycles. The minimum absolute atomic E-state index is 0.169. The molecule has 0 radical (unpaired) electrons. The van der Waals surface area contributed by atoms with Crippen LogP contribution in [0.2, 0.25) is 0 Å². The standard InChI is InChI=1S/C32H38N2O5S2/c1-7-39-31(37)27-25-15-14-21(32(3,4)5)17-26(25)41-30(27)34-28(35)19(2)40-24-13-9-11-22(18-24)33-29(36)20-10-8-12-23(16-20)38-6/h8-13,16,18-19,21H,7,14-15,17H2,1-6H3,(H,33,36)(H,34,35). The van der Waals surface area contributed by atoms with Crippen molar-refractivity contribution in [2.45, 2.75) is 64.0 Å². The van der Waals surface area contributed by atoms with Crippen molar-refractivity contribution in [3.05, 3.63) is 70.1 Å². The van der Waals surface area contributed by atoms with E-state index in [1.165, 1.54) is 23.1 Å². The quantitative estimate of drug-likeness (QED) is 0.197. The van der Waals surface area contributed by atoms with E-state index in [-0.39, 0.29) is 29.8 Å². The molecule has 2 atom stereocenters. The highest BCUT2D eigenvalue weighted by molar-refractivity contribution is 8.00. The number of esters is 1. The summed E-state index contributed by atoms with van der Waals surface area (Å²) in [5.74, 6) is 0.289. The average Bonchev–Trinajstić information content (AvgIpc) is 3.30. The van der Waals surface area contributed by atoms with Gasteiger partial charge in [0.25, 0.3) is 5.91 Å². The summed E-state index contributed by atoms with van der Waals surface area (Å²) in [5.41, 5.74) is 2.80. The molecule has 41 heavy (non-hydrogen) atoms. The minimum atomic E-state index is -0.448. The second kappa shape index (κ2) is 13.1. The molecule has 2 N–H and O–H groups in total. The topological polar surface area (TPSA) is 93.7 Å². The van der Waals surface area contributed by atoms with E-state index in [4.69, 9.17) is 9.47 Å². The predicted molar refractivity (Wildman–Crippen MR) is 167 cm³/mol. The minimum Gasteiger partial charge on any atom is -0.497 e. The van der Waals surface area contributed by atoms with Crippen molar-refractivity contribution in [1.29, 1.82) is 0 Å². The molecule has 2 unspecified atom stereocenters. The lowest BCUT2D eigenvalue weighted by molar-refractivity contribution is -0.115. The smallest absolute Gasteiger partial charge is 0.341 e. The van der Waals surface area contributed by atoms with Crippen molar-refractivity contribution in [3.8, 4) is 5.75 Å². The van der Waals surface area contributed by atoms with E-state index in [9.17, 15) is 14.4 Å². The third-order valence-electron chi connectivity index (χ3n) is 7.31. The molecule has 0 spiro atoms. The third kappa shape index (κ3) is 7.51. The lowest BCUT2D eigenvalue weighted by Crippen LogP contribution is -2.27. The number of ether oxygens (including phenoxy) is 2. The number of anilines is 2. The molecule has 1 heterocycles. The van der Waals surface area contributed by atoms with Gasteiger partial charge in [-0.15, -0.1) is 23.1 Å². The number of hydrogen-bond donors (Lipinski definition) is 2. The van der Waals surface area contributed by atoms with Crippen LogP contribution in [0.5, 0.6) is 5.75 Å². The predicted octanol–water partition coefficient (Wildman–Crippen LogP) is 7.46. The summed E-state index contributed by atoms with van der Waals surface area (Å²) in [6.07, 6.45) is 2.70. The number of hydrogen-bond acceptors (Lipinski definition) is 7. The molecule has 2 amide bonds. The van der Waals surface area contributed by atoms with Crippen molar-refractivity contribution in [2.24, 2.45) is 11.3 Å². The van der Waals surface area contributed by atoms with Crippen LogP contribution in [0.25, 0.3) is 0 Å². The number of thiophene rings is 1. The SMILES string of the molecule is CCOC(=O)c1c(NC(=O)C(C)Sc2cccc(NC(=O)c3cccc(OC)c3)c2)sc2c1CCC(C(C)(C)C)C2. The van der Waals surface area contributed by atoms with Gasteiger partial charge in [0.1, 0.15) is 10.8 Å². The van der Waals surface area contributed by atoms with Crippen LogP contribution in [-0.4, -0.2) is 36.8 Å². The zero-order valence-electron chi connectivity index (χ0n) is 24.5. The molecular formula is C32H38N2O5S2. The van der Waals surface area contributed by atoms with Crippen molar-refractivity contribution in [1.82, 2.24) is 0 Å². The van der Waals surface area contributed by atoms with Gasteiger partial charge in [-0.3, -0.25) is 9.59 Å². The number of rotatable bonds is 9. The van der Waals surface area contributed by atoms with Gasteiger partial charge >= 0.3 is 5.97 Å². The monoisotopic (exact) mass is 594 g/mol. The largest absolute Gasteiger partial charge is 0.497 e. The van der Waals surface area contributed by atoms with E-state index < -0.39 is 5.25 Å². The van der Waals surface area contributed by atoms with Gasteiger partial charge in [-0.25, -0.2) is 4.79 Å². The molecule has 9 heteroatoms. The molecule has 0 saturated carbocycles. The van der Waals surface area contributed by atoms with Crippen LogP contribution in [0, 0.1) is 11.3 Å². The number of carbonyl (C=O) groups is 3. The van der Waals surface area contributed by atoms with Crippen LogP contribution >= 0.6 is 23.1 Å². The van der Waals surface area contributed by atoms with E-state index in [1.807, 2.05) is 25.1 Å². The number of methoxy groups -OCH3 is 1. The fourth-order valence-corrected chi connectivity index (χ4v) is 7.16. The number of thioether (sulfide) groups is 1. The van der Waals surface area contributed by atoms with Gasteiger partial charge in [0, 0.05) is 21.0 Å². The molecule has 2 aromatic carbocycles. The van der Waals surface area contributed by atoms with Crippen LogP contribution in [0.1, 0.15) is 72.2 Å². The number of nitrogens with one attached hydrogen (secondary N) is 2. The molecule has 1 aliphatic carbocycles. The van der Waals surface area contributed by atoms with Crippen molar-refractivity contribution >= 4 is 51.6 Å². The highest BCUT2D eigenvalue weighted by Gasteiger charge is 2.34. The van der Waals surface area contributed by atoms with Gasteiger partial charge in [0.05, 0.1) is 24.5 Å². The number of carbonyl (C=O) groups excluding carboxylic acids is 3. The summed E-state index contributed by atoms with van der Waals surface area (Å²) < 4.78 is 10.6. The average molecular weight is 595 g/mol. The molecule has 1 aliphatic rings. The lowest BCUT2D eigenvalue weighted by Gasteiger charge is -2.33. The zero-order chi connectivity index (χ0) is 29.7. The number of amides is 2. The highest BCUT2D eigenvalue weighted by Crippen LogP contribution is 2.44. The van der Waals surface area contributed by atoms with E-state index in [1.54, 1.807) is 44.4 Å². The van der Waals surface area contributed by atoms with Crippen LogP contribution in [0.15, 0.2) is 53.4 Å². The van der Waals surface area contributed by atoms with Crippen molar-refractivity contribution in [2.75, 3.05) is 24.4 Å². The lowest BCUT2D eigenvalue weighted by atomic mass is 9.72. The maximum atomic E-state index is 13.3. The summed E-state index contributed by atoms with van der Waals surface area (Å²) in [4.78, 5) is 41.0. The molecular weight excluding hydrogens is 556 g/mol. The first-order valence-corrected chi connectivity index (χ1v) is 15.5. The van der Waals surface area contributed by atoms with Gasteiger partial charge in [0.2, 0.25) is 5.91 Å². The Bertz CT molecular complexity index is 1430. The van der Waals surface area contributed by atoms with Crippen molar-refractivity contribution < 1.29 is 23.9 Å². The van der Waals surface area contributed by atoms with Crippen LogP contribution in [-0.2, 0) is 22.4 Å². The van der Waals surface area contributed by atoms with Crippen LogP contribution in [0.3, 0.4) is 0 Å². The Morgan fingerprint density at radius 1 is 1.10 bits per heavy atom. The maximum absolute atomic E-state index is 13.3. The van der Waals surface area contributed by atoms with E-state index in [0.717, 1.165) is 34.6 Å². The summed E-state index contributed by atoms with van der Waals surface area (Å²) in [5, 5.41) is 6.06. The number of fused-ring (bicyclic) bond motifs is 1. The fraction of sp³-hybridized carbons (Fsp3) is 0.406. The van der Waals surface area contributed by atoms with E-state index in [0.29, 0.717) is 33.5 Å². The van der Waals surface area contributed by atoms with E-state index >= 15 is 0 Å². The molecule has 1 aromatic heterocycles. The molecule has 4 rings (SSSR count). The molecule has 218 valence electrons. The maximum Gasteiger partial charge on any atom is 0.341 e. The first-order chi connectivity index (χ1) is 19.5. The summed E-state index contributed by atoms with van der Waals surface area (Å²) in [7, 11) is 1.56. The third-order valence-corrected chi connectivity index (χ3v) is 9.58. The van der Waals surface area contributed by atoms with Gasteiger partial charge in [-0.05, 0) is 86.4 Å². The zero-order valence-corrected chi connectivity index (χ0v) is 26.1. The Labute approximate surface area is 250 Å². The first kappa shape index (κ1) is 30.7. The summed E-state index contributed by atoms with van der Waals surface area (Å²) in [6.45, 7) is 10.7. The summed E-state index contributed by atoms with van der Waals surface area (Å²) >= 11 is 2.88. The summed E-state index contributed by atoms with van der Waals surface area (Å²) in [6, 6.07) is 14.3. The second-order valence-electron chi connectivity index (χ2n) is 11.2. The molecule has 0 fully saturated rings. The Hall–Kier alpha value is -3.30. The normalized spacial score (nSPS) is 15.4. The van der Waals surface area contributed by atoms with Crippen LogP contribution < -0.4 is 15.4 Å². The molecule has 0 saturated heterocycles. The Balaban J connectivity index is 1.46. The Morgan fingerprint density at radius 2 is 1.85 bits per heavy atom. The van der Waals surface area contributed by atoms with Crippen LogP contribution in [0.4, 0.5) is 10.7 Å². The first-order valence-electron chi connectivity index (χ1n) is 13.8. The Kier molecular flexibility index (Phi) is 9.81. The molecule has 3 aromatic rings. The van der Waals surface area contributed by atoms with Crippen molar-refractivity contribution in [3.63, 3.8) is 0 Å². The highest BCUT2D eigenvalue weighted by atomic mass is 32.2. The second-order valence-corrected chi connectivity index (χ2v) is 13.7. The molecule has 0 bridgehead atoms. The van der Waals surface area contributed by atoms with Gasteiger partial charge in [0.15, 0.2) is 0 Å². The van der Waals surface area contributed by atoms with Gasteiger partial charge in [-0.2, -0.15) is 0 Å². The Morgan fingerprint density at radius 3 is 2.56 bits per heavy atom. The van der Waals surface area contributed by atoms with Gasteiger partial charge < -0.3 is 20.1 Å². The van der Waals surface area contributed by atoms with E-state index in [2.05, 4.69) is 31.4 Å². The number of benzene rings is 2.